The third-order valence-corrected chi connectivity index (χ3v) is 5.99. The van der Waals surface area contributed by atoms with Crippen molar-refractivity contribution >= 4 is 17.5 Å². The minimum Gasteiger partial charge on any atom is -0.497 e. The summed E-state index contributed by atoms with van der Waals surface area (Å²) >= 11 is 5.91. The summed E-state index contributed by atoms with van der Waals surface area (Å²) in [7, 11) is 1.67. The van der Waals surface area contributed by atoms with Gasteiger partial charge in [-0.2, -0.15) is 10.2 Å². The van der Waals surface area contributed by atoms with Gasteiger partial charge in [0, 0.05) is 11.6 Å². The highest BCUT2D eigenvalue weighted by atomic mass is 35.5. The number of methoxy groups -OCH3 is 1. The molecule has 0 spiro atoms. The summed E-state index contributed by atoms with van der Waals surface area (Å²) < 4.78 is 16.8. The number of nitriles is 1. The van der Waals surface area contributed by atoms with Crippen LogP contribution in [0.2, 0.25) is 5.02 Å². The maximum Gasteiger partial charge on any atom is 0.236 e. The molecule has 2 heterocycles. The molecule has 0 radical (unpaired) electrons. The number of benzene rings is 2. The number of nitrogens with zero attached hydrogens (tertiary/aromatic N) is 3. The fourth-order valence-corrected chi connectivity index (χ4v) is 4.13. The first-order valence-corrected chi connectivity index (χ1v) is 11.4. The number of anilines is 1. The molecule has 172 valence electrons. The van der Waals surface area contributed by atoms with Crippen LogP contribution in [0.5, 0.6) is 11.5 Å². The number of hydrogen-bond acceptors (Lipinski definition) is 7. The van der Waals surface area contributed by atoms with Gasteiger partial charge in [-0.1, -0.05) is 30.2 Å². The summed E-state index contributed by atoms with van der Waals surface area (Å²) in [5, 5.41) is 13.5. The molecule has 7 nitrogen and oxygen atoms in total. The summed E-state index contributed by atoms with van der Waals surface area (Å²) in [5.74, 6) is 2.18. The van der Waals surface area contributed by atoms with E-state index in [4.69, 9.17) is 25.5 Å². The van der Waals surface area contributed by atoms with E-state index in [1.807, 2.05) is 12.1 Å². The predicted octanol–water partition coefficient (Wildman–Crippen LogP) is 5.43. The van der Waals surface area contributed by atoms with Crippen LogP contribution in [-0.2, 0) is 6.61 Å². The average molecular weight is 467 g/mol. The molecule has 8 heteroatoms. The maximum absolute atomic E-state index is 9.54. The number of aromatic nitrogens is 1. The molecular weight excluding hydrogens is 440 g/mol. The molecule has 4 rings (SSSR count). The van der Waals surface area contributed by atoms with E-state index < -0.39 is 0 Å². The first-order chi connectivity index (χ1) is 16.2. The van der Waals surface area contributed by atoms with E-state index in [0.29, 0.717) is 29.1 Å². The summed E-state index contributed by atoms with van der Waals surface area (Å²) in [6, 6.07) is 17.4. The molecule has 1 aliphatic rings. The fourth-order valence-electron chi connectivity index (χ4n) is 4.00. The lowest BCUT2D eigenvalue weighted by atomic mass is 10.0. The third-order valence-electron chi connectivity index (χ3n) is 5.74. The second-order valence-electron chi connectivity index (χ2n) is 7.91. The van der Waals surface area contributed by atoms with Gasteiger partial charge in [0.25, 0.3) is 0 Å². The molecule has 1 saturated heterocycles. The Hall–Kier alpha value is -3.21. The van der Waals surface area contributed by atoms with E-state index in [-0.39, 0.29) is 18.3 Å². The van der Waals surface area contributed by atoms with Gasteiger partial charge in [-0.05, 0) is 67.9 Å². The van der Waals surface area contributed by atoms with Crippen molar-refractivity contribution in [1.82, 2.24) is 9.88 Å². The molecule has 0 bridgehead atoms. The van der Waals surface area contributed by atoms with E-state index in [1.165, 1.54) is 24.8 Å². The SMILES string of the molecule is COc1ccc([C@@H](CNc2oc(COc3ccc(Cl)cc3)nc2C#N)N2CCCCC2)cc1. The Morgan fingerprint density at radius 3 is 2.45 bits per heavy atom. The van der Waals surface area contributed by atoms with Crippen LogP contribution in [-0.4, -0.2) is 36.6 Å². The lowest BCUT2D eigenvalue weighted by Gasteiger charge is -2.35. The molecule has 1 N–H and O–H groups in total. The van der Waals surface area contributed by atoms with Crippen molar-refractivity contribution in [3.05, 3.63) is 70.7 Å². The highest BCUT2D eigenvalue weighted by molar-refractivity contribution is 6.30. The van der Waals surface area contributed by atoms with Gasteiger partial charge in [-0.3, -0.25) is 4.90 Å². The van der Waals surface area contributed by atoms with Crippen LogP contribution in [0.3, 0.4) is 0 Å². The Labute approximate surface area is 198 Å². The molecular formula is C25H27ClN4O3. The lowest BCUT2D eigenvalue weighted by Crippen LogP contribution is -2.37. The summed E-state index contributed by atoms with van der Waals surface area (Å²) in [6.45, 7) is 2.79. The zero-order valence-corrected chi connectivity index (χ0v) is 19.3. The van der Waals surface area contributed by atoms with Crippen LogP contribution < -0.4 is 14.8 Å². The van der Waals surface area contributed by atoms with E-state index in [9.17, 15) is 5.26 Å². The van der Waals surface area contributed by atoms with E-state index in [2.05, 4.69) is 33.4 Å². The van der Waals surface area contributed by atoms with Crippen LogP contribution in [0.15, 0.2) is 52.9 Å². The first kappa shape index (κ1) is 23.0. The number of likely N-dealkylation sites (tertiary alicyclic amines) is 1. The molecule has 0 aliphatic carbocycles. The highest BCUT2D eigenvalue weighted by Gasteiger charge is 2.24. The number of halogens is 1. The largest absolute Gasteiger partial charge is 0.497 e. The number of piperidine rings is 1. The van der Waals surface area contributed by atoms with E-state index in [1.54, 1.807) is 31.4 Å². The molecule has 0 saturated carbocycles. The van der Waals surface area contributed by atoms with Gasteiger partial charge >= 0.3 is 0 Å². The van der Waals surface area contributed by atoms with Crippen molar-refractivity contribution in [2.75, 3.05) is 32.1 Å². The minimum atomic E-state index is 0.117. The van der Waals surface area contributed by atoms with Gasteiger partial charge < -0.3 is 19.2 Å². The van der Waals surface area contributed by atoms with Gasteiger partial charge in [0.15, 0.2) is 6.61 Å². The Kier molecular flexibility index (Phi) is 7.71. The molecule has 1 atom stereocenters. The summed E-state index contributed by atoms with van der Waals surface area (Å²) in [4.78, 5) is 6.75. The topological polar surface area (TPSA) is 83.5 Å². The van der Waals surface area contributed by atoms with Gasteiger partial charge in [-0.15, -0.1) is 0 Å². The van der Waals surface area contributed by atoms with Crippen LogP contribution in [0.4, 0.5) is 5.88 Å². The second kappa shape index (κ2) is 11.1. The highest BCUT2D eigenvalue weighted by Crippen LogP contribution is 2.28. The predicted molar refractivity (Wildman–Crippen MR) is 127 cm³/mol. The first-order valence-electron chi connectivity index (χ1n) is 11.1. The van der Waals surface area contributed by atoms with Crippen molar-refractivity contribution in [2.45, 2.75) is 31.9 Å². The van der Waals surface area contributed by atoms with Crippen molar-refractivity contribution in [2.24, 2.45) is 0 Å². The Morgan fingerprint density at radius 1 is 1.09 bits per heavy atom. The smallest absolute Gasteiger partial charge is 0.236 e. The molecule has 2 aromatic carbocycles. The Bertz CT molecular complexity index is 1070. The second-order valence-corrected chi connectivity index (χ2v) is 8.34. The third kappa shape index (κ3) is 5.98. The molecule has 0 amide bonds. The zero-order chi connectivity index (χ0) is 23.0. The van der Waals surface area contributed by atoms with Crippen molar-refractivity contribution in [3.63, 3.8) is 0 Å². The molecule has 1 aromatic heterocycles. The minimum absolute atomic E-state index is 0.117. The van der Waals surface area contributed by atoms with Gasteiger partial charge in [0.1, 0.15) is 17.6 Å². The molecule has 1 fully saturated rings. The monoisotopic (exact) mass is 466 g/mol. The number of oxazole rings is 1. The zero-order valence-electron chi connectivity index (χ0n) is 18.6. The summed E-state index contributed by atoms with van der Waals surface area (Å²) in [6.07, 6.45) is 3.63. The van der Waals surface area contributed by atoms with E-state index in [0.717, 1.165) is 18.8 Å². The average Bonchev–Trinajstić information content (AvgIpc) is 3.27. The maximum atomic E-state index is 9.54. The van der Waals surface area contributed by atoms with Gasteiger partial charge in [0.2, 0.25) is 17.5 Å². The van der Waals surface area contributed by atoms with E-state index >= 15 is 0 Å². The Morgan fingerprint density at radius 2 is 1.79 bits per heavy atom. The quantitative estimate of drug-likeness (QED) is 0.450. The van der Waals surface area contributed by atoms with Crippen molar-refractivity contribution in [1.29, 1.82) is 5.26 Å². The number of rotatable bonds is 9. The standard InChI is InChI=1S/C25H27ClN4O3/c1-31-20-9-5-18(6-10-20)23(30-13-3-2-4-14-30)16-28-25-22(15-27)29-24(33-25)17-32-21-11-7-19(26)8-12-21/h5-12,23,28H,2-4,13-14,16-17H2,1H3/t23-/m1/s1. The van der Waals surface area contributed by atoms with Crippen molar-refractivity contribution in [3.8, 4) is 17.6 Å². The van der Waals surface area contributed by atoms with Crippen LogP contribution in [0.25, 0.3) is 0 Å². The fraction of sp³-hybridized carbons (Fsp3) is 0.360. The molecule has 33 heavy (non-hydrogen) atoms. The molecule has 1 aliphatic heterocycles. The number of nitrogens with one attached hydrogen (secondary N) is 1. The van der Waals surface area contributed by atoms with Crippen LogP contribution in [0, 0.1) is 11.3 Å². The molecule has 3 aromatic rings. The van der Waals surface area contributed by atoms with Crippen LogP contribution >= 0.6 is 11.6 Å². The molecule has 0 unspecified atom stereocenters. The Balaban J connectivity index is 1.46. The van der Waals surface area contributed by atoms with Crippen molar-refractivity contribution < 1.29 is 13.9 Å². The van der Waals surface area contributed by atoms with Gasteiger partial charge in [0.05, 0.1) is 13.2 Å². The normalized spacial score (nSPS) is 14.9. The number of ether oxygens (including phenoxy) is 2. The van der Waals surface area contributed by atoms with Crippen LogP contribution in [0.1, 0.15) is 42.5 Å². The lowest BCUT2D eigenvalue weighted by molar-refractivity contribution is 0.170. The number of hydrogen-bond donors (Lipinski definition) is 1. The summed E-state index contributed by atoms with van der Waals surface area (Å²) in [5.41, 5.74) is 1.41. The van der Waals surface area contributed by atoms with Gasteiger partial charge in [-0.25, -0.2) is 0 Å².